The normalized spacial score (nSPS) is 29.5. The standard InChI is InChI=1S/C17H23ClN2O/c1-11(8-12-4-2-3-5-15(12)18)17(21)20-9-13-6-7-16(19)14(13)10-20/h2-5,11,13-14,16H,6-10,19H2,1H3. The van der Waals surface area contributed by atoms with Crippen molar-refractivity contribution in [2.45, 2.75) is 32.2 Å². The Labute approximate surface area is 131 Å². The third-order valence-electron chi connectivity index (χ3n) is 5.13. The topological polar surface area (TPSA) is 46.3 Å². The molecule has 0 bridgehead atoms. The van der Waals surface area contributed by atoms with E-state index in [4.69, 9.17) is 17.3 Å². The summed E-state index contributed by atoms with van der Waals surface area (Å²) in [7, 11) is 0. The molecule has 2 fully saturated rings. The van der Waals surface area contributed by atoms with Crippen molar-refractivity contribution in [1.82, 2.24) is 4.90 Å². The molecule has 2 N–H and O–H groups in total. The molecule has 0 spiro atoms. The maximum atomic E-state index is 12.6. The number of amides is 1. The van der Waals surface area contributed by atoms with E-state index in [0.717, 1.165) is 30.1 Å². The molecule has 1 saturated carbocycles. The molecule has 1 aliphatic heterocycles. The first-order chi connectivity index (χ1) is 10.1. The molecule has 1 aliphatic carbocycles. The molecule has 3 nitrogen and oxygen atoms in total. The summed E-state index contributed by atoms with van der Waals surface area (Å²) < 4.78 is 0. The van der Waals surface area contributed by atoms with Crippen LogP contribution in [0.25, 0.3) is 0 Å². The molecule has 1 amide bonds. The molecule has 0 radical (unpaired) electrons. The van der Waals surface area contributed by atoms with Gasteiger partial charge in [0.05, 0.1) is 0 Å². The minimum Gasteiger partial charge on any atom is -0.342 e. The van der Waals surface area contributed by atoms with Crippen LogP contribution in [0.15, 0.2) is 24.3 Å². The lowest BCUT2D eigenvalue weighted by atomic mass is 9.98. The van der Waals surface area contributed by atoms with Crippen LogP contribution < -0.4 is 5.73 Å². The Morgan fingerprint density at radius 2 is 2.14 bits per heavy atom. The van der Waals surface area contributed by atoms with E-state index in [0.29, 0.717) is 18.3 Å². The summed E-state index contributed by atoms with van der Waals surface area (Å²) in [6.45, 7) is 3.74. The summed E-state index contributed by atoms with van der Waals surface area (Å²) in [4.78, 5) is 14.7. The number of hydrogen-bond donors (Lipinski definition) is 1. The fourth-order valence-electron chi connectivity index (χ4n) is 3.88. The van der Waals surface area contributed by atoms with Gasteiger partial charge in [0, 0.05) is 30.1 Å². The van der Waals surface area contributed by atoms with Gasteiger partial charge in [-0.05, 0) is 42.7 Å². The molecule has 2 aliphatic rings. The summed E-state index contributed by atoms with van der Waals surface area (Å²) in [5, 5.41) is 0.748. The monoisotopic (exact) mass is 306 g/mol. The van der Waals surface area contributed by atoms with E-state index in [-0.39, 0.29) is 17.9 Å². The number of carbonyl (C=O) groups excluding carboxylic acids is 1. The van der Waals surface area contributed by atoms with Gasteiger partial charge in [0.15, 0.2) is 0 Å². The molecule has 1 saturated heterocycles. The summed E-state index contributed by atoms with van der Waals surface area (Å²) in [6.07, 6.45) is 3.00. The van der Waals surface area contributed by atoms with Crippen molar-refractivity contribution in [3.63, 3.8) is 0 Å². The summed E-state index contributed by atoms with van der Waals surface area (Å²) in [5.74, 6) is 1.36. The number of nitrogens with two attached hydrogens (primary N) is 1. The van der Waals surface area contributed by atoms with E-state index in [2.05, 4.69) is 0 Å². The number of halogens is 1. The maximum absolute atomic E-state index is 12.6. The van der Waals surface area contributed by atoms with Crippen molar-refractivity contribution in [2.24, 2.45) is 23.5 Å². The molecule has 4 atom stereocenters. The molecule has 21 heavy (non-hydrogen) atoms. The largest absolute Gasteiger partial charge is 0.342 e. The number of benzene rings is 1. The molecule has 114 valence electrons. The molecule has 1 heterocycles. The lowest BCUT2D eigenvalue weighted by molar-refractivity contribution is -0.134. The zero-order valence-corrected chi connectivity index (χ0v) is 13.2. The smallest absolute Gasteiger partial charge is 0.225 e. The first kappa shape index (κ1) is 14.9. The third kappa shape index (κ3) is 2.95. The fraction of sp³-hybridized carbons (Fsp3) is 0.588. The molecule has 4 heteroatoms. The van der Waals surface area contributed by atoms with Crippen LogP contribution in [-0.2, 0) is 11.2 Å². The van der Waals surface area contributed by atoms with Gasteiger partial charge in [-0.15, -0.1) is 0 Å². The van der Waals surface area contributed by atoms with Crippen molar-refractivity contribution in [1.29, 1.82) is 0 Å². The van der Waals surface area contributed by atoms with Crippen LogP contribution in [0.3, 0.4) is 0 Å². The molecule has 0 aromatic heterocycles. The molecule has 3 rings (SSSR count). The Bertz CT molecular complexity index is 533. The highest BCUT2D eigenvalue weighted by atomic mass is 35.5. The second-order valence-corrected chi connectivity index (χ2v) is 7.01. The minimum absolute atomic E-state index is 0.0278. The fourth-order valence-corrected chi connectivity index (χ4v) is 4.09. The molecule has 1 aromatic rings. The van der Waals surface area contributed by atoms with Gasteiger partial charge >= 0.3 is 0 Å². The maximum Gasteiger partial charge on any atom is 0.225 e. The van der Waals surface area contributed by atoms with Crippen LogP contribution in [0.4, 0.5) is 0 Å². The summed E-state index contributed by atoms with van der Waals surface area (Å²) in [5.41, 5.74) is 7.20. The number of fused-ring (bicyclic) bond motifs is 1. The minimum atomic E-state index is -0.0278. The summed E-state index contributed by atoms with van der Waals surface area (Å²) in [6, 6.07) is 8.05. The van der Waals surface area contributed by atoms with E-state index in [1.807, 2.05) is 36.1 Å². The highest BCUT2D eigenvalue weighted by molar-refractivity contribution is 6.31. The highest BCUT2D eigenvalue weighted by Crippen LogP contribution is 2.37. The lowest BCUT2D eigenvalue weighted by Crippen LogP contribution is -2.37. The van der Waals surface area contributed by atoms with E-state index in [1.54, 1.807) is 0 Å². The van der Waals surface area contributed by atoms with E-state index in [1.165, 1.54) is 6.42 Å². The average Bonchev–Trinajstić information content (AvgIpc) is 3.03. The average molecular weight is 307 g/mol. The Morgan fingerprint density at radius 3 is 2.86 bits per heavy atom. The highest BCUT2D eigenvalue weighted by Gasteiger charge is 2.43. The zero-order valence-electron chi connectivity index (χ0n) is 12.5. The second kappa shape index (κ2) is 5.98. The molecule has 4 unspecified atom stereocenters. The quantitative estimate of drug-likeness (QED) is 0.933. The number of hydrogen-bond acceptors (Lipinski definition) is 2. The van der Waals surface area contributed by atoms with Crippen LogP contribution in [0.5, 0.6) is 0 Å². The van der Waals surface area contributed by atoms with Gasteiger partial charge in [0.1, 0.15) is 0 Å². The van der Waals surface area contributed by atoms with Crippen LogP contribution in [0.1, 0.15) is 25.3 Å². The van der Waals surface area contributed by atoms with Gasteiger partial charge in [-0.3, -0.25) is 4.79 Å². The summed E-state index contributed by atoms with van der Waals surface area (Å²) >= 11 is 6.19. The first-order valence-corrected chi connectivity index (χ1v) is 8.22. The van der Waals surface area contributed by atoms with Crippen LogP contribution >= 0.6 is 11.6 Å². The molecule has 1 aromatic carbocycles. The second-order valence-electron chi connectivity index (χ2n) is 6.60. The van der Waals surface area contributed by atoms with Crippen LogP contribution in [0.2, 0.25) is 5.02 Å². The Kier molecular flexibility index (Phi) is 4.23. The van der Waals surface area contributed by atoms with Gasteiger partial charge in [-0.2, -0.15) is 0 Å². The van der Waals surface area contributed by atoms with Crippen LogP contribution in [0, 0.1) is 17.8 Å². The number of rotatable bonds is 3. The predicted molar refractivity (Wildman–Crippen MR) is 85.1 cm³/mol. The van der Waals surface area contributed by atoms with Crippen molar-refractivity contribution in [3.05, 3.63) is 34.9 Å². The van der Waals surface area contributed by atoms with Gasteiger partial charge in [-0.25, -0.2) is 0 Å². The Hall–Kier alpha value is -1.06. The third-order valence-corrected chi connectivity index (χ3v) is 5.50. The van der Waals surface area contributed by atoms with E-state index < -0.39 is 0 Å². The van der Waals surface area contributed by atoms with Gasteiger partial charge in [-0.1, -0.05) is 36.7 Å². The molecular weight excluding hydrogens is 284 g/mol. The number of nitrogens with zero attached hydrogens (tertiary/aromatic N) is 1. The van der Waals surface area contributed by atoms with Gasteiger partial charge in [0.25, 0.3) is 0 Å². The van der Waals surface area contributed by atoms with Crippen molar-refractivity contribution < 1.29 is 4.79 Å². The number of carbonyl (C=O) groups is 1. The molecular formula is C17H23ClN2O. The SMILES string of the molecule is CC(Cc1ccccc1Cl)C(=O)N1CC2CCC(N)C2C1. The van der Waals surface area contributed by atoms with Crippen molar-refractivity contribution in [3.8, 4) is 0 Å². The van der Waals surface area contributed by atoms with E-state index >= 15 is 0 Å². The van der Waals surface area contributed by atoms with Gasteiger partial charge in [0.2, 0.25) is 5.91 Å². The van der Waals surface area contributed by atoms with Crippen molar-refractivity contribution in [2.75, 3.05) is 13.1 Å². The Balaban J connectivity index is 1.62. The zero-order chi connectivity index (χ0) is 15.0. The first-order valence-electron chi connectivity index (χ1n) is 7.84. The lowest BCUT2D eigenvalue weighted by Gasteiger charge is -2.23. The van der Waals surface area contributed by atoms with Crippen molar-refractivity contribution >= 4 is 17.5 Å². The predicted octanol–water partition coefficient (Wildman–Crippen LogP) is 2.71. The number of likely N-dealkylation sites (tertiary alicyclic amines) is 1. The van der Waals surface area contributed by atoms with E-state index in [9.17, 15) is 4.79 Å². The Morgan fingerprint density at radius 1 is 1.38 bits per heavy atom. The van der Waals surface area contributed by atoms with Gasteiger partial charge < -0.3 is 10.6 Å². The van der Waals surface area contributed by atoms with Crippen LogP contribution in [-0.4, -0.2) is 29.9 Å².